The van der Waals surface area contributed by atoms with Gasteiger partial charge < -0.3 is 5.73 Å². The molecule has 1 aliphatic carbocycles. The normalized spacial score (nSPS) is 38.6. The van der Waals surface area contributed by atoms with Crippen molar-refractivity contribution in [3.05, 3.63) is 0 Å². The third kappa shape index (κ3) is 3.55. The number of Topliss-reactive ketones (excluding diaryl/α,β-unsaturated/α-hetero) is 1. The van der Waals surface area contributed by atoms with Gasteiger partial charge in [0.25, 0.3) is 0 Å². The molecule has 0 aromatic rings. The smallest absolute Gasteiger partial charge is 0.149 e. The van der Waals surface area contributed by atoms with E-state index in [0.717, 1.165) is 31.7 Å². The fraction of sp³-hybridized carbons (Fsp3) is 0.933. The van der Waals surface area contributed by atoms with Crippen molar-refractivity contribution in [3.8, 4) is 0 Å². The second-order valence-electron chi connectivity index (χ2n) is 6.59. The van der Waals surface area contributed by atoms with Crippen LogP contribution >= 0.6 is 0 Å². The highest BCUT2D eigenvalue weighted by Gasteiger charge is 2.29. The molecule has 2 N–H and O–H groups in total. The molecule has 0 spiro atoms. The monoisotopic (exact) mass is 252 g/mol. The maximum atomic E-state index is 12.3. The molecule has 1 saturated carbocycles. The summed E-state index contributed by atoms with van der Waals surface area (Å²) in [6, 6.07) is 0. The van der Waals surface area contributed by atoms with Gasteiger partial charge in [0.15, 0.2) is 0 Å². The lowest BCUT2D eigenvalue weighted by molar-refractivity contribution is -0.126. The molecule has 0 amide bonds. The number of likely N-dealkylation sites (tertiary alicyclic amines) is 1. The van der Waals surface area contributed by atoms with E-state index in [0.29, 0.717) is 24.2 Å². The Balaban J connectivity index is 1.80. The molecule has 0 radical (unpaired) electrons. The van der Waals surface area contributed by atoms with Crippen LogP contribution in [0.5, 0.6) is 0 Å². The molecule has 0 aromatic heterocycles. The summed E-state index contributed by atoms with van der Waals surface area (Å²) in [5.74, 6) is 2.27. The maximum absolute atomic E-state index is 12.3. The fourth-order valence-corrected chi connectivity index (χ4v) is 3.34. The van der Waals surface area contributed by atoms with Gasteiger partial charge in [0.05, 0.1) is 12.7 Å². The minimum Gasteiger partial charge on any atom is -0.316 e. The van der Waals surface area contributed by atoms with E-state index in [1.54, 1.807) is 0 Å². The first-order chi connectivity index (χ1) is 8.56. The first-order valence-corrected chi connectivity index (χ1v) is 7.58. The molecule has 2 unspecified atom stereocenters. The van der Waals surface area contributed by atoms with Crippen LogP contribution in [0.2, 0.25) is 0 Å². The van der Waals surface area contributed by atoms with Crippen molar-refractivity contribution in [3.63, 3.8) is 0 Å². The minimum atomic E-state index is 0.0974. The number of ketones is 1. The van der Waals surface area contributed by atoms with Gasteiger partial charge in [-0.2, -0.15) is 0 Å². The van der Waals surface area contributed by atoms with E-state index in [-0.39, 0.29) is 6.17 Å². The highest BCUT2D eigenvalue weighted by atomic mass is 16.1. The van der Waals surface area contributed by atoms with Crippen LogP contribution in [0.25, 0.3) is 0 Å². The number of carbonyl (C=O) groups excluding carboxylic acids is 1. The Morgan fingerprint density at radius 1 is 1.11 bits per heavy atom. The first-order valence-electron chi connectivity index (χ1n) is 7.58. The summed E-state index contributed by atoms with van der Waals surface area (Å²) >= 11 is 0. The summed E-state index contributed by atoms with van der Waals surface area (Å²) in [7, 11) is 0. The minimum absolute atomic E-state index is 0.0974. The molecule has 3 nitrogen and oxygen atoms in total. The predicted molar refractivity (Wildman–Crippen MR) is 74.1 cm³/mol. The molecule has 1 aliphatic heterocycles. The van der Waals surface area contributed by atoms with Crippen molar-refractivity contribution >= 4 is 5.78 Å². The van der Waals surface area contributed by atoms with Crippen LogP contribution in [0.3, 0.4) is 0 Å². The predicted octanol–water partition coefficient (Wildman–Crippen LogP) is 2.40. The van der Waals surface area contributed by atoms with E-state index in [9.17, 15) is 4.79 Å². The number of carbonyl (C=O) groups is 1. The fourth-order valence-electron chi connectivity index (χ4n) is 3.34. The lowest BCUT2D eigenvalue weighted by atomic mass is 9.80. The number of hydrogen-bond donors (Lipinski definition) is 1. The zero-order valence-corrected chi connectivity index (χ0v) is 11.9. The van der Waals surface area contributed by atoms with E-state index in [2.05, 4.69) is 18.7 Å². The molecule has 3 heteroatoms. The number of nitrogens with zero attached hydrogens (tertiary/aromatic N) is 1. The lowest BCUT2D eigenvalue weighted by Gasteiger charge is -2.36. The van der Waals surface area contributed by atoms with Crippen molar-refractivity contribution in [2.24, 2.45) is 23.5 Å². The van der Waals surface area contributed by atoms with Gasteiger partial charge in [-0.05, 0) is 37.5 Å². The molecule has 104 valence electrons. The third-order valence-corrected chi connectivity index (χ3v) is 4.85. The molecule has 2 atom stereocenters. The Kier molecular flexibility index (Phi) is 4.79. The Labute approximate surface area is 111 Å². The van der Waals surface area contributed by atoms with Gasteiger partial charge in [0, 0.05) is 12.5 Å². The SMILES string of the molecule is CC1CCC(C(=O)CN2CCC(C)CC2N)CC1. The van der Waals surface area contributed by atoms with Crippen LogP contribution in [-0.4, -0.2) is 29.9 Å². The Hall–Kier alpha value is -0.410. The van der Waals surface area contributed by atoms with Crippen LogP contribution in [0.1, 0.15) is 52.4 Å². The molecular weight excluding hydrogens is 224 g/mol. The van der Waals surface area contributed by atoms with Gasteiger partial charge in [0.2, 0.25) is 0 Å². The van der Waals surface area contributed by atoms with Crippen molar-refractivity contribution in [1.82, 2.24) is 4.90 Å². The van der Waals surface area contributed by atoms with Crippen LogP contribution in [0.4, 0.5) is 0 Å². The molecule has 2 fully saturated rings. The second-order valence-corrected chi connectivity index (χ2v) is 6.59. The molecule has 1 heterocycles. The summed E-state index contributed by atoms with van der Waals surface area (Å²) < 4.78 is 0. The zero-order chi connectivity index (χ0) is 13.1. The lowest BCUT2D eigenvalue weighted by Crippen LogP contribution is -2.50. The van der Waals surface area contributed by atoms with Gasteiger partial charge in [-0.1, -0.05) is 26.7 Å². The summed E-state index contributed by atoms with van der Waals surface area (Å²) in [5.41, 5.74) is 6.14. The Bertz CT molecular complexity index is 284. The second kappa shape index (κ2) is 6.16. The summed E-state index contributed by atoms with van der Waals surface area (Å²) in [5, 5.41) is 0. The van der Waals surface area contributed by atoms with E-state index in [1.807, 2.05) is 0 Å². The van der Waals surface area contributed by atoms with Crippen LogP contribution in [-0.2, 0) is 4.79 Å². The number of nitrogens with two attached hydrogens (primary N) is 1. The quantitative estimate of drug-likeness (QED) is 0.839. The Morgan fingerprint density at radius 3 is 2.39 bits per heavy atom. The van der Waals surface area contributed by atoms with E-state index >= 15 is 0 Å². The largest absolute Gasteiger partial charge is 0.316 e. The number of rotatable bonds is 3. The van der Waals surface area contributed by atoms with Crippen molar-refractivity contribution in [2.45, 2.75) is 58.5 Å². The van der Waals surface area contributed by atoms with Crippen molar-refractivity contribution < 1.29 is 4.79 Å². The van der Waals surface area contributed by atoms with E-state index in [1.165, 1.54) is 19.3 Å². The number of hydrogen-bond acceptors (Lipinski definition) is 3. The van der Waals surface area contributed by atoms with E-state index < -0.39 is 0 Å². The van der Waals surface area contributed by atoms with Crippen LogP contribution in [0.15, 0.2) is 0 Å². The highest BCUT2D eigenvalue weighted by molar-refractivity contribution is 5.83. The third-order valence-electron chi connectivity index (χ3n) is 4.85. The molecule has 0 bridgehead atoms. The summed E-state index contributed by atoms with van der Waals surface area (Å²) in [4.78, 5) is 14.5. The zero-order valence-electron chi connectivity index (χ0n) is 11.9. The number of piperidine rings is 1. The van der Waals surface area contributed by atoms with Gasteiger partial charge >= 0.3 is 0 Å². The van der Waals surface area contributed by atoms with Crippen LogP contribution in [0, 0.1) is 17.8 Å². The van der Waals surface area contributed by atoms with Crippen LogP contribution < -0.4 is 5.73 Å². The average Bonchev–Trinajstić information content (AvgIpc) is 2.33. The van der Waals surface area contributed by atoms with Gasteiger partial charge in [-0.25, -0.2) is 0 Å². The Morgan fingerprint density at radius 2 is 1.78 bits per heavy atom. The van der Waals surface area contributed by atoms with E-state index in [4.69, 9.17) is 5.73 Å². The standard InChI is InChI=1S/C15H28N2O/c1-11-3-5-13(6-4-11)14(18)10-17-8-7-12(2)9-15(17)16/h11-13,15H,3-10,16H2,1-2H3. The van der Waals surface area contributed by atoms with Gasteiger partial charge in [-0.3, -0.25) is 9.69 Å². The summed E-state index contributed by atoms with van der Waals surface area (Å²) in [6.45, 7) is 6.13. The maximum Gasteiger partial charge on any atom is 0.149 e. The molecule has 0 aromatic carbocycles. The summed E-state index contributed by atoms with van der Waals surface area (Å²) in [6.07, 6.45) is 6.95. The van der Waals surface area contributed by atoms with Crippen molar-refractivity contribution in [2.75, 3.05) is 13.1 Å². The molecule has 1 saturated heterocycles. The highest BCUT2D eigenvalue weighted by Crippen LogP contribution is 2.29. The van der Waals surface area contributed by atoms with Crippen molar-refractivity contribution in [1.29, 1.82) is 0 Å². The average molecular weight is 252 g/mol. The van der Waals surface area contributed by atoms with Gasteiger partial charge in [-0.15, -0.1) is 0 Å². The first kappa shape index (κ1) is 14.0. The molecule has 18 heavy (non-hydrogen) atoms. The molecule has 2 aliphatic rings. The molecule has 2 rings (SSSR count). The van der Waals surface area contributed by atoms with Gasteiger partial charge in [0.1, 0.15) is 5.78 Å². The topological polar surface area (TPSA) is 46.3 Å². The molecular formula is C15H28N2O.